The Hall–Kier alpha value is -1.30. The van der Waals surface area contributed by atoms with E-state index in [0.717, 1.165) is 45.1 Å². The van der Waals surface area contributed by atoms with Crippen LogP contribution in [0, 0.1) is 50.7 Å². The van der Waals surface area contributed by atoms with Crippen LogP contribution < -0.4 is 0 Å². The van der Waals surface area contributed by atoms with E-state index in [1.165, 1.54) is 19.8 Å². The van der Waals surface area contributed by atoms with E-state index in [9.17, 15) is 19.8 Å². The van der Waals surface area contributed by atoms with Crippen molar-refractivity contribution in [2.24, 2.45) is 50.7 Å². The van der Waals surface area contributed by atoms with Crippen molar-refractivity contribution in [1.82, 2.24) is 4.90 Å². The van der Waals surface area contributed by atoms with Crippen LogP contribution in [0.2, 0.25) is 0 Å². The summed E-state index contributed by atoms with van der Waals surface area (Å²) in [5, 5.41) is 23.6. The first-order chi connectivity index (χ1) is 23.4. The van der Waals surface area contributed by atoms with Gasteiger partial charge < -0.3 is 33.9 Å². The number of nitrogens with zero attached hydrogens (tertiary/aromatic N) is 1. The Bertz CT molecular complexity index is 1380. The first-order valence-electron chi connectivity index (χ1n) is 19.8. The van der Waals surface area contributed by atoms with Crippen LogP contribution in [0.4, 0.5) is 0 Å². The quantitative estimate of drug-likeness (QED) is 0.371. The highest BCUT2D eigenvalue weighted by molar-refractivity contribution is 5.77. The maximum absolute atomic E-state index is 12.6. The maximum atomic E-state index is 12.6. The summed E-state index contributed by atoms with van der Waals surface area (Å²) in [4.78, 5) is 26.6. The number of hydrogen-bond donors (Lipinski definition) is 2. The number of aliphatic hydroxyl groups is 2. The summed E-state index contributed by atoms with van der Waals surface area (Å²) in [7, 11) is 0. The molecule has 0 bridgehead atoms. The van der Waals surface area contributed by atoms with Crippen LogP contribution in [0.3, 0.4) is 0 Å². The zero-order chi connectivity index (χ0) is 35.8. The minimum absolute atomic E-state index is 0.0255. The molecule has 0 amide bonds. The van der Waals surface area contributed by atoms with E-state index < -0.39 is 29.9 Å². The molecule has 2 N–H and O–H groups in total. The van der Waals surface area contributed by atoms with Gasteiger partial charge in [-0.05, 0) is 111 Å². The molecule has 8 aliphatic rings. The second-order valence-electron chi connectivity index (χ2n) is 19.6. The molecule has 15 unspecified atom stereocenters. The molecule has 3 saturated heterocycles. The molecule has 10 nitrogen and oxygen atoms in total. The van der Waals surface area contributed by atoms with Gasteiger partial charge in [0.1, 0.15) is 6.04 Å². The molecular formula is C40H63NO9. The van der Waals surface area contributed by atoms with Crippen molar-refractivity contribution >= 4 is 11.9 Å². The second kappa shape index (κ2) is 11.6. The Kier molecular flexibility index (Phi) is 8.29. The van der Waals surface area contributed by atoms with Gasteiger partial charge in [-0.25, -0.2) is 0 Å². The van der Waals surface area contributed by atoms with Crippen LogP contribution in [-0.2, 0) is 33.3 Å². The van der Waals surface area contributed by atoms with Gasteiger partial charge >= 0.3 is 11.9 Å². The Morgan fingerprint density at radius 3 is 2.42 bits per heavy atom. The smallest absolute Gasteiger partial charge is 0.323 e. The van der Waals surface area contributed by atoms with Gasteiger partial charge in [0.2, 0.25) is 0 Å². The Labute approximate surface area is 298 Å². The van der Waals surface area contributed by atoms with Crippen LogP contribution >= 0.6 is 0 Å². The zero-order valence-corrected chi connectivity index (χ0v) is 31.7. The largest absolute Gasteiger partial charge is 0.464 e. The van der Waals surface area contributed by atoms with Gasteiger partial charge in [0.15, 0.2) is 12.4 Å². The predicted molar refractivity (Wildman–Crippen MR) is 184 cm³/mol. The number of carbonyl (C=O) groups is 2. The summed E-state index contributed by atoms with van der Waals surface area (Å²) >= 11 is 0. The number of rotatable bonds is 6. The van der Waals surface area contributed by atoms with E-state index >= 15 is 0 Å². The van der Waals surface area contributed by atoms with Crippen LogP contribution in [0.15, 0.2) is 0 Å². The molecule has 50 heavy (non-hydrogen) atoms. The second-order valence-corrected chi connectivity index (χ2v) is 19.6. The summed E-state index contributed by atoms with van der Waals surface area (Å²) in [6.45, 7) is 19.1. The van der Waals surface area contributed by atoms with Gasteiger partial charge in [-0.1, -0.05) is 34.6 Å². The molecule has 282 valence electrons. The van der Waals surface area contributed by atoms with E-state index in [1.54, 1.807) is 13.8 Å². The fourth-order valence-corrected chi connectivity index (χ4v) is 14.6. The number of cyclic esters (lactones) is 1. The topological polar surface area (TPSA) is 124 Å². The molecule has 15 atom stereocenters. The van der Waals surface area contributed by atoms with Crippen molar-refractivity contribution in [3.63, 3.8) is 0 Å². The van der Waals surface area contributed by atoms with E-state index in [2.05, 4.69) is 39.5 Å². The molecular weight excluding hydrogens is 638 g/mol. The molecule has 8 fully saturated rings. The third kappa shape index (κ3) is 4.79. The third-order valence-corrected chi connectivity index (χ3v) is 16.8. The third-order valence-electron chi connectivity index (χ3n) is 16.8. The average molecular weight is 702 g/mol. The lowest BCUT2D eigenvalue weighted by Crippen LogP contribution is -2.60. The van der Waals surface area contributed by atoms with Crippen LogP contribution in [0.1, 0.15) is 113 Å². The van der Waals surface area contributed by atoms with Gasteiger partial charge in [0.05, 0.1) is 49.8 Å². The molecule has 10 heteroatoms. The Morgan fingerprint density at radius 2 is 1.74 bits per heavy atom. The van der Waals surface area contributed by atoms with Gasteiger partial charge in [-0.3, -0.25) is 14.5 Å². The lowest BCUT2D eigenvalue weighted by molar-refractivity contribution is -0.250. The molecule has 5 saturated carbocycles. The van der Waals surface area contributed by atoms with Gasteiger partial charge in [0, 0.05) is 25.3 Å². The highest BCUT2D eigenvalue weighted by Crippen LogP contribution is 2.89. The SMILES string of the molecule is CC(=O)OC(C1CC(C)C2C(O1)C(O)C1(C)C3CCC4C(C)(C)C(OC5CN(C6CCOC6=O)CCO5)CCC45CC35CCC21C)C(C)(C)O. The molecule has 0 aromatic rings. The van der Waals surface area contributed by atoms with E-state index in [4.69, 9.17) is 23.7 Å². The monoisotopic (exact) mass is 701 g/mol. The number of esters is 2. The number of morpholine rings is 1. The summed E-state index contributed by atoms with van der Waals surface area (Å²) in [5.74, 6) is 0.853. The van der Waals surface area contributed by atoms with E-state index in [0.29, 0.717) is 38.0 Å². The molecule has 2 spiro atoms. The molecule has 3 aliphatic heterocycles. The number of ether oxygens (including phenoxy) is 5. The van der Waals surface area contributed by atoms with E-state index in [-0.39, 0.29) is 69.4 Å². The Morgan fingerprint density at radius 1 is 1.02 bits per heavy atom. The lowest BCUT2D eigenvalue weighted by atomic mass is 9.41. The van der Waals surface area contributed by atoms with E-state index in [1.807, 2.05) is 0 Å². The summed E-state index contributed by atoms with van der Waals surface area (Å²) in [6, 6.07) is -0.182. The van der Waals surface area contributed by atoms with Gasteiger partial charge in [-0.2, -0.15) is 0 Å². The molecule has 0 aromatic carbocycles. The highest BCUT2D eigenvalue weighted by Gasteiger charge is 2.84. The van der Waals surface area contributed by atoms with Crippen LogP contribution in [0.5, 0.6) is 0 Å². The Balaban J connectivity index is 1.02. The number of carbonyl (C=O) groups excluding carboxylic acids is 2. The summed E-state index contributed by atoms with van der Waals surface area (Å²) in [5.41, 5.74) is -1.19. The fourth-order valence-electron chi connectivity index (χ4n) is 14.6. The molecule has 5 aliphatic carbocycles. The van der Waals surface area contributed by atoms with Crippen molar-refractivity contribution in [3.8, 4) is 0 Å². The molecule has 8 rings (SSSR count). The standard InChI is InChI=1S/C40H63NO9/c1-22-19-25(33(36(5,6)45)48-23(2)42)49-31-30(22)37(7)14-15-40-21-39(40)13-11-28(35(3,4)26(39)9-10-27(40)38(37,8)32(31)43)50-29-20-41(16-18-46-29)24-12-17-47-34(24)44/h22,24-33,43,45H,9-21H2,1-8H3. The molecule has 0 radical (unpaired) electrons. The first-order valence-corrected chi connectivity index (χ1v) is 19.8. The fraction of sp³-hybridized carbons (Fsp3) is 0.950. The van der Waals surface area contributed by atoms with Crippen molar-refractivity contribution < 1.29 is 43.5 Å². The normalized spacial score (nSPS) is 51.7. The summed E-state index contributed by atoms with van der Waals surface area (Å²) in [6.07, 6.45) is 6.81. The van der Waals surface area contributed by atoms with Gasteiger partial charge in [-0.15, -0.1) is 0 Å². The van der Waals surface area contributed by atoms with Crippen LogP contribution in [-0.4, -0.2) is 102 Å². The minimum Gasteiger partial charge on any atom is -0.464 e. The number of hydrogen-bond acceptors (Lipinski definition) is 10. The van der Waals surface area contributed by atoms with Crippen LogP contribution in [0.25, 0.3) is 0 Å². The van der Waals surface area contributed by atoms with Gasteiger partial charge in [0.25, 0.3) is 0 Å². The highest BCUT2D eigenvalue weighted by atomic mass is 16.7. The molecule has 3 heterocycles. The number of fused-ring (bicyclic) bond motifs is 4. The number of aliphatic hydroxyl groups excluding tert-OH is 1. The maximum Gasteiger partial charge on any atom is 0.323 e. The first kappa shape index (κ1) is 35.7. The van der Waals surface area contributed by atoms with Crippen molar-refractivity contribution in [1.29, 1.82) is 0 Å². The lowest BCUT2D eigenvalue weighted by Gasteiger charge is -2.64. The average Bonchev–Trinajstić information content (AvgIpc) is 3.44. The zero-order valence-electron chi connectivity index (χ0n) is 31.7. The van der Waals surface area contributed by atoms with Crippen molar-refractivity contribution in [2.45, 2.75) is 162 Å². The molecule has 0 aromatic heterocycles. The van der Waals surface area contributed by atoms with Crippen molar-refractivity contribution in [3.05, 3.63) is 0 Å². The van der Waals surface area contributed by atoms with Crippen molar-refractivity contribution in [2.75, 3.05) is 26.3 Å². The summed E-state index contributed by atoms with van der Waals surface area (Å²) < 4.78 is 30.8. The minimum atomic E-state index is -1.27. The predicted octanol–water partition coefficient (Wildman–Crippen LogP) is 4.86.